The maximum absolute atomic E-state index is 11.7. The summed E-state index contributed by atoms with van der Waals surface area (Å²) < 4.78 is 0. The smallest absolute Gasteiger partial charge is 0.139 e. The van der Waals surface area contributed by atoms with Crippen LogP contribution in [0, 0.1) is 17.3 Å². The van der Waals surface area contributed by atoms with E-state index in [1.807, 2.05) is 0 Å². The van der Waals surface area contributed by atoms with E-state index in [0.29, 0.717) is 17.6 Å². The molecule has 0 aliphatic heterocycles. The van der Waals surface area contributed by atoms with Crippen LogP contribution < -0.4 is 0 Å². The first-order valence-corrected chi connectivity index (χ1v) is 4.83. The molecule has 2 rings (SSSR count). The maximum atomic E-state index is 11.7. The molecule has 0 aromatic rings. The van der Waals surface area contributed by atoms with Gasteiger partial charge in [0, 0.05) is 11.8 Å². The van der Waals surface area contributed by atoms with E-state index in [4.69, 9.17) is 0 Å². The summed E-state index contributed by atoms with van der Waals surface area (Å²) in [4.78, 5) is 11.7. The van der Waals surface area contributed by atoms with Gasteiger partial charge in [0.1, 0.15) is 5.78 Å². The van der Waals surface area contributed by atoms with Crippen LogP contribution in [0.1, 0.15) is 33.1 Å². The molecule has 3 unspecified atom stereocenters. The number of ketones is 1. The molecule has 0 amide bonds. The van der Waals surface area contributed by atoms with E-state index in [2.05, 4.69) is 26.0 Å². The highest BCUT2D eigenvalue weighted by molar-refractivity contribution is 5.87. The molecule has 1 heteroatoms. The van der Waals surface area contributed by atoms with Crippen molar-refractivity contribution >= 4 is 5.78 Å². The SMILES string of the molecule is CC1CC(=O)C2(C)CC=CCC12. The summed E-state index contributed by atoms with van der Waals surface area (Å²) in [5, 5.41) is 0. The van der Waals surface area contributed by atoms with Gasteiger partial charge in [0.15, 0.2) is 0 Å². The summed E-state index contributed by atoms with van der Waals surface area (Å²) >= 11 is 0. The van der Waals surface area contributed by atoms with Crippen molar-refractivity contribution in [1.29, 1.82) is 0 Å². The van der Waals surface area contributed by atoms with E-state index < -0.39 is 0 Å². The zero-order valence-corrected chi connectivity index (χ0v) is 7.84. The first-order chi connectivity index (χ1) is 5.64. The van der Waals surface area contributed by atoms with Crippen molar-refractivity contribution in [2.24, 2.45) is 17.3 Å². The second kappa shape index (κ2) is 2.45. The topological polar surface area (TPSA) is 17.1 Å². The van der Waals surface area contributed by atoms with Crippen molar-refractivity contribution in [3.05, 3.63) is 12.2 Å². The first-order valence-electron chi connectivity index (χ1n) is 4.83. The lowest BCUT2D eigenvalue weighted by Crippen LogP contribution is -2.31. The van der Waals surface area contributed by atoms with E-state index >= 15 is 0 Å². The molecule has 0 saturated heterocycles. The lowest BCUT2D eigenvalue weighted by atomic mass is 9.70. The molecule has 3 atom stereocenters. The van der Waals surface area contributed by atoms with E-state index in [1.165, 1.54) is 0 Å². The molecule has 66 valence electrons. The van der Waals surface area contributed by atoms with Crippen LogP contribution in [0.5, 0.6) is 0 Å². The maximum Gasteiger partial charge on any atom is 0.139 e. The van der Waals surface area contributed by atoms with Gasteiger partial charge < -0.3 is 0 Å². The summed E-state index contributed by atoms with van der Waals surface area (Å²) in [5.41, 5.74) is -0.00579. The lowest BCUT2D eigenvalue weighted by molar-refractivity contribution is -0.126. The number of allylic oxidation sites excluding steroid dienone is 2. The Bertz CT molecular complexity index is 241. The van der Waals surface area contributed by atoms with Crippen LogP contribution in [0.25, 0.3) is 0 Å². The summed E-state index contributed by atoms with van der Waals surface area (Å²) in [6.07, 6.45) is 7.31. The third-order valence-corrected chi connectivity index (χ3v) is 3.75. The number of carbonyl (C=O) groups is 1. The molecule has 2 aliphatic carbocycles. The van der Waals surface area contributed by atoms with Gasteiger partial charge in [0.25, 0.3) is 0 Å². The lowest BCUT2D eigenvalue weighted by Gasteiger charge is -2.33. The fourth-order valence-electron chi connectivity index (χ4n) is 2.83. The fourth-order valence-corrected chi connectivity index (χ4v) is 2.83. The fraction of sp³-hybridized carbons (Fsp3) is 0.727. The average molecular weight is 164 g/mol. The third kappa shape index (κ3) is 0.886. The number of fused-ring (bicyclic) bond motifs is 1. The Morgan fingerprint density at radius 1 is 1.50 bits per heavy atom. The summed E-state index contributed by atoms with van der Waals surface area (Å²) in [7, 11) is 0. The minimum absolute atomic E-state index is 0.00579. The molecule has 1 saturated carbocycles. The Kier molecular flexibility index (Phi) is 1.64. The molecule has 0 radical (unpaired) electrons. The normalized spacial score (nSPS) is 46.3. The second-order valence-corrected chi connectivity index (χ2v) is 4.54. The summed E-state index contributed by atoms with van der Waals surface area (Å²) in [5.74, 6) is 1.71. The number of carbonyl (C=O) groups excluding carboxylic acids is 1. The van der Waals surface area contributed by atoms with Crippen LogP contribution in [0.2, 0.25) is 0 Å². The van der Waals surface area contributed by atoms with Crippen molar-refractivity contribution in [3.63, 3.8) is 0 Å². The number of rotatable bonds is 0. The van der Waals surface area contributed by atoms with Crippen LogP contribution in [0.15, 0.2) is 12.2 Å². The molecule has 0 bridgehead atoms. The van der Waals surface area contributed by atoms with Crippen LogP contribution in [0.4, 0.5) is 0 Å². The minimum Gasteiger partial charge on any atom is -0.299 e. The molecule has 0 aromatic carbocycles. The van der Waals surface area contributed by atoms with Gasteiger partial charge in [0.2, 0.25) is 0 Å². The van der Waals surface area contributed by atoms with Crippen molar-refractivity contribution < 1.29 is 4.79 Å². The Labute approximate surface area is 73.8 Å². The molecule has 1 nitrogen and oxygen atoms in total. The number of Topliss-reactive ketones (excluding diaryl/α,β-unsaturated/α-hetero) is 1. The minimum atomic E-state index is -0.00579. The zero-order chi connectivity index (χ0) is 8.77. The van der Waals surface area contributed by atoms with E-state index in [1.54, 1.807) is 0 Å². The van der Waals surface area contributed by atoms with Crippen LogP contribution in [-0.4, -0.2) is 5.78 Å². The summed E-state index contributed by atoms with van der Waals surface area (Å²) in [6.45, 7) is 4.36. The van der Waals surface area contributed by atoms with Gasteiger partial charge in [-0.05, 0) is 24.7 Å². The van der Waals surface area contributed by atoms with Crippen LogP contribution >= 0.6 is 0 Å². The number of hydrogen-bond donors (Lipinski definition) is 0. The van der Waals surface area contributed by atoms with Gasteiger partial charge in [-0.25, -0.2) is 0 Å². The molecule has 0 spiro atoms. The predicted molar refractivity (Wildman–Crippen MR) is 48.8 cm³/mol. The van der Waals surface area contributed by atoms with Crippen molar-refractivity contribution in [1.82, 2.24) is 0 Å². The quantitative estimate of drug-likeness (QED) is 0.503. The Hall–Kier alpha value is -0.590. The standard InChI is InChI=1S/C11H16O/c1-8-7-10(12)11(2)6-4-3-5-9(8)11/h3-4,8-9H,5-7H2,1-2H3. The van der Waals surface area contributed by atoms with Gasteiger partial charge in [0.05, 0.1) is 0 Å². The Morgan fingerprint density at radius 2 is 2.25 bits per heavy atom. The molecule has 0 heterocycles. The summed E-state index contributed by atoms with van der Waals surface area (Å²) in [6, 6.07) is 0. The van der Waals surface area contributed by atoms with Crippen LogP contribution in [-0.2, 0) is 4.79 Å². The van der Waals surface area contributed by atoms with Crippen molar-refractivity contribution in [2.45, 2.75) is 33.1 Å². The molecule has 0 aromatic heterocycles. The highest BCUT2D eigenvalue weighted by atomic mass is 16.1. The van der Waals surface area contributed by atoms with E-state index in [-0.39, 0.29) is 5.41 Å². The second-order valence-electron chi connectivity index (χ2n) is 4.54. The molecular weight excluding hydrogens is 148 g/mol. The number of hydrogen-bond acceptors (Lipinski definition) is 1. The van der Waals surface area contributed by atoms with E-state index in [9.17, 15) is 4.79 Å². The highest BCUT2D eigenvalue weighted by Crippen LogP contribution is 2.50. The molecule has 0 N–H and O–H groups in total. The Balaban J connectivity index is 2.34. The van der Waals surface area contributed by atoms with Gasteiger partial charge >= 0.3 is 0 Å². The van der Waals surface area contributed by atoms with Crippen molar-refractivity contribution in [3.8, 4) is 0 Å². The monoisotopic (exact) mass is 164 g/mol. The Morgan fingerprint density at radius 3 is 2.92 bits per heavy atom. The largest absolute Gasteiger partial charge is 0.299 e. The highest BCUT2D eigenvalue weighted by Gasteiger charge is 2.49. The third-order valence-electron chi connectivity index (χ3n) is 3.75. The molecule has 1 fully saturated rings. The predicted octanol–water partition coefficient (Wildman–Crippen LogP) is 2.57. The molecular formula is C11H16O. The zero-order valence-electron chi connectivity index (χ0n) is 7.84. The van der Waals surface area contributed by atoms with Crippen LogP contribution in [0.3, 0.4) is 0 Å². The van der Waals surface area contributed by atoms with E-state index in [0.717, 1.165) is 19.3 Å². The average Bonchev–Trinajstić information content (AvgIpc) is 2.25. The molecule has 2 aliphatic rings. The first kappa shape index (κ1) is 8.03. The van der Waals surface area contributed by atoms with Gasteiger partial charge in [-0.1, -0.05) is 26.0 Å². The van der Waals surface area contributed by atoms with Gasteiger partial charge in [-0.3, -0.25) is 4.79 Å². The van der Waals surface area contributed by atoms with Gasteiger partial charge in [-0.15, -0.1) is 0 Å². The van der Waals surface area contributed by atoms with Gasteiger partial charge in [-0.2, -0.15) is 0 Å². The van der Waals surface area contributed by atoms with Crippen molar-refractivity contribution in [2.75, 3.05) is 0 Å². The molecule has 12 heavy (non-hydrogen) atoms.